The van der Waals surface area contributed by atoms with Crippen molar-refractivity contribution in [2.75, 3.05) is 13.2 Å². The molecule has 2 heterocycles. The van der Waals surface area contributed by atoms with Gasteiger partial charge in [-0.25, -0.2) is 0 Å². The standard InChI is InChI=1S/C17H23NOS2/c19-13-17(6-2-1-3-7-17)12-18-10-15-9-14(11-21-15)16-5-4-8-20-16/h4-5,8-9,11,18-19H,1-3,6-7,10,12-13H2. The summed E-state index contributed by atoms with van der Waals surface area (Å²) in [5.74, 6) is 0. The Morgan fingerprint density at radius 3 is 2.76 bits per heavy atom. The van der Waals surface area contributed by atoms with Gasteiger partial charge in [-0.1, -0.05) is 25.3 Å². The van der Waals surface area contributed by atoms with Crippen LogP contribution in [0, 0.1) is 5.41 Å². The quantitative estimate of drug-likeness (QED) is 0.820. The van der Waals surface area contributed by atoms with Crippen LogP contribution < -0.4 is 5.32 Å². The molecule has 114 valence electrons. The van der Waals surface area contributed by atoms with Crippen molar-refractivity contribution in [1.82, 2.24) is 5.32 Å². The lowest BCUT2D eigenvalue weighted by Gasteiger charge is -2.35. The van der Waals surface area contributed by atoms with Crippen LogP contribution in [0.3, 0.4) is 0 Å². The van der Waals surface area contributed by atoms with E-state index in [4.69, 9.17) is 0 Å². The summed E-state index contributed by atoms with van der Waals surface area (Å²) in [6.07, 6.45) is 6.20. The molecule has 0 bridgehead atoms. The third-order valence-electron chi connectivity index (χ3n) is 4.51. The maximum Gasteiger partial charge on any atom is 0.0499 e. The zero-order valence-electron chi connectivity index (χ0n) is 12.3. The van der Waals surface area contributed by atoms with E-state index < -0.39 is 0 Å². The fourth-order valence-corrected chi connectivity index (χ4v) is 4.83. The van der Waals surface area contributed by atoms with Gasteiger partial charge in [-0.15, -0.1) is 22.7 Å². The van der Waals surface area contributed by atoms with Crippen LogP contribution in [0.2, 0.25) is 0 Å². The first-order valence-corrected chi connectivity index (χ1v) is 9.50. The van der Waals surface area contributed by atoms with Crippen LogP contribution >= 0.6 is 22.7 Å². The van der Waals surface area contributed by atoms with Crippen LogP contribution in [0.5, 0.6) is 0 Å². The number of rotatable bonds is 6. The van der Waals surface area contributed by atoms with Gasteiger partial charge in [0.2, 0.25) is 0 Å². The molecule has 1 aliphatic carbocycles. The Kier molecular flexibility index (Phi) is 5.11. The fraction of sp³-hybridized carbons (Fsp3) is 0.529. The van der Waals surface area contributed by atoms with Gasteiger partial charge in [0.15, 0.2) is 0 Å². The summed E-state index contributed by atoms with van der Waals surface area (Å²) in [5.41, 5.74) is 1.47. The van der Waals surface area contributed by atoms with E-state index in [-0.39, 0.29) is 5.41 Å². The lowest BCUT2D eigenvalue weighted by Crippen LogP contribution is -2.38. The van der Waals surface area contributed by atoms with Crippen molar-refractivity contribution < 1.29 is 5.11 Å². The van der Waals surface area contributed by atoms with E-state index in [0.29, 0.717) is 6.61 Å². The number of hydrogen-bond donors (Lipinski definition) is 2. The highest BCUT2D eigenvalue weighted by Gasteiger charge is 2.30. The Labute approximate surface area is 134 Å². The molecule has 1 fully saturated rings. The average molecular weight is 322 g/mol. The maximum atomic E-state index is 9.73. The molecule has 0 spiro atoms. The van der Waals surface area contributed by atoms with Gasteiger partial charge in [0.05, 0.1) is 0 Å². The molecular weight excluding hydrogens is 298 g/mol. The van der Waals surface area contributed by atoms with Gasteiger partial charge in [0.1, 0.15) is 0 Å². The van der Waals surface area contributed by atoms with Gasteiger partial charge in [-0.05, 0) is 35.7 Å². The first kappa shape index (κ1) is 15.2. The van der Waals surface area contributed by atoms with Crippen molar-refractivity contribution in [2.45, 2.75) is 38.6 Å². The van der Waals surface area contributed by atoms with E-state index in [0.717, 1.165) is 13.1 Å². The summed E-state index contributed by atoms with van der Waals surface area (Å²) in [6, 6.07) is 6.56. The van der Waals surface area contributed by atoms with Crippen LogP contribution in [-0.4, -0.2) is 18.3 Å². The largest absolute Gasteiger partial charge is 0.396 e. The Morgan fingerprint density at radius 1 is 1.19 bits per heavy atom. The topological polar surface area (TPSA) is 32.3 Å². The van der Waals surface area contributed by atoms with Crippen molar-refractivity contribution in [3.8, 4) is 10.4 Å². The predicted molar refractivity (Wildman–Crippen MR) is 91.9 cm³/mol. The molecule has 2 nitrogen and oxygen atoms in total. The summed E-state index contributed by atoms with van der Waals surface area (Å²) in [4.78, 5) is 2.72. The molecule has 0 unspecified atom stereocenters. The maximum absolute atomic E-state index is 9.73. The normalized spacial score (nSPS) is 18.0. The molecular formula is C17H23NOS2. The molecule has 0 amide bonds. The summed E-state index contributed by atoms with van der Waals surface area (Å²) >= 11 is 3.61. The highest BCUT2D eigenvalue weighted by molar-refractivity contribution is 7.14. The molecule has 3 rings (SSSR count). The molecule has 1 aliphatic rings. The van der Waals surface area contributed by atoms with Crippen LogP contribution in [0.25, 0.3) is 10.4 Å². The lowest BCUT2D eigenvalue weighted by atomic mass is 9.74. The van der Waals surface area contributed by atoms with Gasteiger partial charge in [0.25, 0.3) is 0 Å². The lowest BCUT2D eigenvalue weighted by molar-refractivity contribution is 0.0811. The van der Waals surface area contributed by atoms with E-state index in [1.54, 1.807) is 11.3 Å². The third kappa shape index (κ3) is 3.75. The van der Waals surface area contributed by atoms with Gasteiger partial charge in [0, 0.05) is 40.4 Å². The van der Waals surface area contributed by atoms with Gasteiger partial charge in [-0.3, -0.25) is 0 Å². The Hall–Kier alpha value is -0.680. The number of nitrogens with one attached hydrogen (secondary N) is 1. The summed E-state index contributed by atoms with van der Waals surface area (Å²) in [6.45, 7) is 2.18. The SMILES string of the molecule is OCC1(CNCc2cc(-c3cccs3)cs2)CCCCC1. The van der Waals surface area contributed by atoms with Crippen LogP contribution in [0.1, 0.15) is 37.0 Å². The molecule has 2 aromatic rings. The Morgan fingerprint density at radius 2 is 2.05 bits per heavy atom. The summed E-state index contributed by atoms with van der Waals surface area (Å²) < 4.78 is 0. The molecule has 0 saturated heterocycles. The zero-order chi connectivity index (χ0) is 14.5. The number of aliphatic hydroxyl groups excluding tert-OH is 1. The van der Waals surface area contributed by atoms with Gasteiger partial charge in [-0.2, -0.15) is 0 Å². The van der Waals surface area contributed by atoms with Crippen molar-refractivity contribution in [3.05, 3.63) is 33.8 Å². The van der Waals surface area contributed by atoms with Crippen LogP contribution in [0.15, 0.2) is 29.0 Å². The second-order valence-electron chi connectivity index (χ2n) is 6.10. The van der Waals surface area contributed by atoms with E-state index in [1.807, 2.05) is 11.3 Å². The first-order valence-electron chi connectivity index (χ1n) is 7.74. The van der Waals surface area contributed by atoms with Crippen molar-refractivity contribution >= 4 is 22.7 Å². The first-order chi connectivity index (χ1) is 10.3. The summed E-state index contributed by atoms with van der Waals surface area (Å²) in [7, 11) is 0. The molecule has 0 radical (unpaired) electrons. The van der Waals surface area contributed by atoms with Crippen LogP contribution in [-0.2, 0) is 6.54 Å². The smallest absolute Gasteiger partial charge is 0.0499 e. The van der Waals surface area contributed by atoms with Crippen LogP contribution in [0.4, 0.5) is 0 Å². The number of aliphatic hydroxyl groups is 1. The zero-order valence-corrected chi connectivity index (χ0v) is 13.9. The molecule has 2 N–H and O–H groups in total. The average Bonchev–Trinajstić information content (AvgIpc) is 3.19. The van der Waals surface area contributed by atoms with E-state index in [2.05, 4.69) is 34.3 Å². The van der Waals surface area contributed by atoms with Gasteiger partial charge < -0.3 is 10.4 Å². The third-order valence-corrected chi connectivity index (χ3v) is 6.36. The van der Waals surface area contributed by atoms with Crippen molar-refractivity contribution in [2.24, 2.45) is 5.41 Å². The molecule has 1 saturated carbocycles. The molecule has 0 aromatic carbocycles. The minimum atomic E-state index is 0.131. The molecule has 0 atom stereocenters. The highest BCUT2D eigenvalue weighted by atomic mass is 32.1. The van der Waals surface area contributed by atoms with E-state index in [9.17, 15) is 5.11 Å². The summed E-state index contributed by atoms with van der Waals surface area (Å²) in [5, 5.41) is 17.7. The minimum Gasteiger partial charge on any atom is -0.396 e. The predicted octanol–water partition coefficient (Wildman–Crippen LogP) is 4.51. The van der Waals surface area contributed by atoms with Gasteiger partial charge >= 0.3 is 0 Å². The van der Waals surface area contributed by atoms with Crippen molar-refractivity contribution in [3.63, 3.8) is 0 Å². The highest BCUT2D eigenvalue weighted by Crippen LogP contribution is 2.35. The van der Waals surface area contributed by atoms with Crippen molar-refractivity contribution in [1.29, 1.82) is 0 Å². The number of hydrogen-bond acceptors (Lipinski definition) is 4. The Balaban J connectivity index is 1.53. The number of thiophene rings is 2. The monoisotopic (exact) mass is 321 g/mol. The Bertz CT molecular complexity index is 541. The molecule has 21 heavy (non-hydrogen) atoms. The molecule has 4 heteroatoms. The van der Waals surface area contributed by atoms with E-state index in [1.165, 1.54) is 47.4 Å². The second kappa shape index (κ2) is 7.05. The second-order valence-corrected chi connectivity index (χ2v) is 8.04. The fourth-order valence-electron chi connectivity index (χ4n) is 3.19. The van der Waals surface area contributed by atoms with E-state index >= 15 is 0 Å². The molecule has 0 aliphatic heterocycles. The minimum absolute atomic E-state index is 0.131. The molecule has 2 aromatic heterocycles.